The lowest BCUT2D eigenvalue weighted by Gasteiger charge is -2.20. The van der Waals surface area contributed by atoms with Gasteiger partial charge in [-0.1, -0.05) is 36.4 Å². The summed E-state index contributed by atoms with van der Waals surface area (Å²) in [5, 5.41) is 12.3. The highest BCUT2D eigenvalue weighted by Gasteiger charge is 2.25. The highest BCUT2D eigenvalue weighted by molar-refractivity contribution is 6.06. The zero-order valence-corrected chi connectivity index (χ0v) is 16.6. The van der Waals surface area contributed by atoms with E-state index in [9.17, 15) is 10.1 Å². The molecule has 0 bridgehead atoms. The number of nitriles is 1. The quantitative estimate of drug-likeness (QED) is 0.472. The van der Waals surface area contributed by atoms with Crippen LogP contribution in [0.5, 0.6) is 11.5 Å². The second kappa shape index (κ2) is 8.54. The van der Waals surface area contributed by atoms with E-state index >= 15 is 0 Å². The van der Waals surface area contributed by atoms with E-state index in [0.29, 0.717) is 11.4 Å². The fraction of sp³-hybridized carbons (Fsp3) is 0.120. The minimum Gasteiger partial charge on any atom is -0.457 e. The van der Waals surface area contributed by atoms with Crippen LogP contribution in [0, 0.1) is 11.3 Å². The van der Waals surface area contributed by atoms with Crippen molar-refractivity contribution in [3.05, 3.63) is 96.2 Å². The van der Waals surface area contributed by atoms with Crippen LogP contribution < -0.4 is 15.0 Å². The topological polar surface area (TPSA) is 65.4 Å². The number of hydrogen-bond acceptors (Lipinski definition) is 4. The normalized spacial score (nSPS) is 15.3. The van der Waals surface area contributed by atoms with Gasteiger partial charge >= 0.3 is 0 Å². The van der Waals surface area contributed by atoms with E-state index in [1.165, 1.54) is 5.56 Å². The first-order valence-electron chi connectivity index (χ1n) is 9.76. The fourth-order valence-electron chi connectivity index (χ4n) is 3.49. The lowest BCUT2D eigenvalue weighted by atomic mass is 10.1. The molecule has 1 atom stereocenters. The lowest BCUT2D eigenvalue weighted by Crippen LogP contribution is -2.25. The van der Waals surface area contributed by atoms with Crippen molar-refractivity contribution < 1.29 is 9.53 Å². The average Bonchev–Trinajstić information content (AvgIpc) is 3.09. The number of rotatable bonds is 5. The largest absolute Gasteiger partial charge is 0.457 e. The first-order valence-corrected chi connectivity index (χ1v) is 9.76. The monoisotopic (exact) mass is 395 g/mol. The molecule has 4 rings (SSSR count). The smallest absolute Gasteiger partial charge is 0.267 e. The molecule has 0 aliphatic carbocycles. The van der Waals surface area contributed by atoms with Crippen molar-refractivity contribution in [1.82, 2.24) is 0 Å². The van der Waals surface area contributed by atoms with Crippen molar-refractivity contribution in [2.75, 3.05) is 10.2 Å². The van der Waals surface area contributed by atoms with Gasteiger partial charge in [0.1, 0.15) is 23.1 Å². The Morgan fingerprint density at radius 1 is 1.03 bits per heavy atom. The summed E-state index contributed by atoms with van der Waals surface area (Å²) in [4.78, 5) is 14.7. The summed E-state index contributed by atoms with van der Waals surface area (Å²) >= 11 is 0. The average molecular weight is 395 g/mol. The van der Waals surface area contributed by atoms with Gasteiger partial charge in [-0.25, -0.2) is 0 Å². The number of benzene rings is 3. The number of fused-ring (bicyclic) bond motifs is 1. The van der Waals surface area contributed by atoms with Gasteiger partial charge in [0.15, 0.2) is 0 Å². The summed E-state index contributed by atoms with van der Waals surface area (Å²) in [7, 11) is 0. The van der Waals surface area contributed by atoms with E-state index in [1.54, 1.807) is 30.5 Å². The van der Waals surface area contributed by atoms with Crippen molar-refractivity contribution in [2.24, 2.45) is 0 Å². The Kier molecular flexibility index (Phi) is 5.49. The molecule has 5 heteroatoms. The van der Waals surface area contributed by atoms with E-state index in [1.807, 2.05) is 59.5 Å². The third kappa shape index (κ3) is 4.18. The molecule has 30 heavy (non-hydrogen) atoms. The maximum atomic E-state index is 12.7. The zero-order chi connectivity index (χ0) is 20.9. The highest BCUT2D eigenvalue weighted by atomic mass is 16.5. The first kappa shape index (κ1) is 19.3. The molecular formula is C25H21N3O2. The van der Waals surface area contributed by atoms with Crippen molar-refractivity contribution in [3.63, 3.8) is 0 Å². The Morgan fingerprint density at radius 3 is 2.43 bits per heavy atom. The summed E-state index contributed by atoms with van der Waals surface area (Å²) in [6.07, 6.45) is 2.52. The van der Waals surface area contributed by atoms with Gasteiger partial charge in [-0.05, 0) is 61.4 Å². The second-order valence-electron chi connectivity index (χ2n) is 7.14. The number of nitrogens with zero attached hydrogens (tertiary/aromatic N) is 2. The number of anilines is 2. The molecule has 3 aromatic carbocycles. The SMILES string of the molecule is CC1Cc2ccccc2N1/C=C(/C#N)C(=O)Nc1ccc(Oc2ccccc2)cc1. The number of ether oxygens (including phenoxy) is 1. The third-order valence-electron chi connectivity index (χ3n) is 4.98. The molecule has 0 aromatic heterocycles. The fourth-order valence-corrected chi connectivity index (χ4v) is 3.49. The van der Waals surface area contributed by atoms with Crippen molar-refractivity contribution in [3.8, 4) is 17.6 Å². The van der Waals surface area contributed by atoms with Gasteiger partial charge in [0.2, 0.25) is 0 Å². The second-order valence-corrected chi connectivity index (χ2v) is 7.14. The number of carbonyl (C=O) groups excluding carboxylic acids is 1. The van der Waals surface area contributed by atoms with Crippen LogP contribution in [0.2, 0.25) is 0 Å². The Labute approximate surface area is 175 Å². The Balaban J connectivity index is 1.46. The van der Waals surface area contributed by atoms with Crippen LogP contribution in [0.15, 0.2) is 90.6 Å². The molecule has 148 valence electrons. The van der Waals surface area contributed by atoms with Crippen molar-refractivity contribution in [2.45, 2.75) is 19.4 Å². The summed E-state index contributed by atoms with van der Waals surface area (Å²) in [5.41, 5.74) is 2.90. The molecule has 0 saturated carbocycles. The minimum atomic E-state index is -0.439. The molecule has 0 saturated heterocycles. The first-order chi connectivity index (χ1) is 14.6. The molecule has 3 aromatic rings. The molecule has 1 unspecified atom stereocenters. The Bertz CT molecular complexity index is 1120. The van der Waals surface area contributed by atoms with Crippen LogP contribution in [0.4, 0.5) is 11.4 Å². The molecule has 1 N–H and O–H groups in total. The van der Waals surface area contributed by atoms with Crippen LogP contribution in [0.1, 0.15) is 12.5 Å². The van der Waals surface area contributed by atoms with Crippen LogP contribution in [0.3, 0.4) is 0 Å². The van der Waals surface area contributed by atoms with Crippen molar-refractivity contribution in [1.29, 1.82) is 5.26 Å². The zero-order valence-electron chi connectivity index (χ0n) is 16.6. The van der Waals surface area contributed by atoms with Gasteiger partial charge in [-0.15, -0.1) is 0 Å². The summed E-state index contributed by atoms with van der Waals surface area (Å²) in [6, 6.07) is 26.8. The number of amides is 1. The van der Waals surface area contributed by atoms with Gasteiger partial charge in [0.05, 0.1) is 0 Å². The molecule has 1 aliphatic heterocycles. The van der Waals surface area contributed by atoms with Gasteiger partial charge in [-0.3, -0.25) is 4.79 Å². The summed E-state index contributed by atoms with van der Waals surface area (Å²) in [6.45, 7) is 2.08. The van der Waals surface area contributed by atoms with E-state index in [0.717, 1.165) is 17.9 Å². The molecule has 1 aliphatic rings. The minimum absolute atomic E-state index is 0.0585. The number of carbonyl (C=O) groups is 1. The highest BCUT2D eigenvalue weighted by Crippen LogP contribution is 2.32. The number of para-hydroxylation sites is 2. The Hall–Kier alpha value is -4.04. The number of hydrogen-bond donors (Lipinski definition) is 1. The van der Waals surface area contributed by atoms with Crippen LogP contribution in [-0.4, -0.2) is 11.9 Å². The maximum absolute atomic E-state index is 12.7. The summed E-state index contributed by atoms with van der Waals surface area (Å²) in [5.74, 6) is 0.965. The van der Waals surface area contributed by atoms with Gasteiger partial charge in [0.25, 0.3) is 5.91 Å². The van der Waals surface area contributed by atoms with Crippen LogP contribution in [-0.2, 0) is 11.2 Å². The third-order valence-corrected chi connectivity index (χ3v) is 4.98. The maximum Gasteiger partial charge on any atom is 0.267 e. The van der Waals surface area contributed by atoms with Gasteiger partial charge < -0.3 is 15.0 Å². The van der Waals surface area contributed by atoms with E-state index in [-0.39, 0.29) is 11.6 Å². The standard InChI is InChI=1S/C25H21N3O2/c1-18-15-19-7-5-6-10-24(19)28(18)17-20(16-26)25(29)27-21-11-13-23(14-12-21)30-22-8-3-2-4-9-22/h2-14,17-18H,15H2,1H3,(H,27,29)/b20-17-. The molecule has 0 spiro atoms. The van der Waals surface area contributed by atoms with Gasteiger partial charge in [0, 0.05) is 23.6 Å². The van der Waals surface area contributed by atoms with E-state index < -0.39 is 5.91 Å². The van der Waals surface area contributed by atoms with Crippen molar-refractivity contribution >= 4 is 17.3 Å². The predicted octanol–water partition coefficient (Wildman–Crippen LogP) is 5.28. The molecule has 0 fully saturated rings. The Morgan fingerprint density at radius 2 is 1.70 bits per heavy atom. The molecular weight excluding hydrogens is 374 g/mol. The van der Waals surface area contributed by atoms with E-state index in [4.69, 9.17) is 4.74 Å². The lowest BCUT2D eigenvalue weighted by molar-refractivity contribution is -0.112. The van der Waals surface area contributed by atoms with Crippen LogP contribution in [0.25, 0.3) is 0 Å². The van der Waals surface area contributed by atoms with Crippen LogP contribution >= 0.6 is 0 Å². The number of nitrogens with one attached hydrogen (secondary N) is 1. The molecule has 1 amide bonds. The predicted molar refractivity (Wildman–Crippen MR) is 117 cm³/mol. The molecule has 1 heterocycles. The van der Waals surface area contributed by atoms with Gasteiger partial charge in [-0.2, -0.15) is 5.26 Å². The van der Waals surface area contributed by atoms with E-state index in [2.05, 4.69) is 18.3 Å². The molecule has 0 radical (unpaired) electrons. The molecule has 5 nitrogen and oxygen atoms in total. The summed E-state index contributed by atoms with van der Waals surface area (Å²) < 4.78 is 5.76.